The molecule has 0 aliphatic heterocycles. The van der Waals surface area contributed by atoms with Crippen LogP contribution in [-0.4, -0.2) is 0 Å². The van der Waals surface area contributed by atoms with Crippen LogP contribution in [0.15, 0.2) is 0 Å². The summed E-state index contributed by atoms with van der Waals surface area (Å²) in [6.45, 7) is 22.3. The molecule has 93 valence electrons. The molecule has 0 spiro atoms. The minimum absolute atomic E-state index is 0. The average Bonchev–Trinajstić information content (AvgIpc) is 2.36. The van der Waals surface area contributed by atoms with Crippen LogP contribution >= 0.6 is 0 Å². The van der Waals surface area contributed by atoms with Crippen LogP contribution in [0.3, 0.4) is 0 Å². The predicted octanol–water partition coefficient (Wildman–Crippen LogP) is 3.46. The summed E-state index contributed by atoms with van der Waals surface area (Å²) in [7, 11) is 0. The Kier molecular flexibility index (Phi) is 13.1. The second kappa shape index (κ2) is 10.4. The van der Waals surface area contributed by atoms with E-state index in [0.29, 0.717) is 0 Å². The zero-order chi connectivity index (χ0) is 13.5. The van der Waals surface area contributed by atoms with E-state index in [9.17, 15) is 0 Å². The van der Waals surface area contributed by atoms with E-state index < -0.39 is 0 Å². The monoisotopic (exact) mass is 273 g/mol. The summed E-state index contributed by atoms with van der Waals surface area (Å²) in [6.07, 6.45) is 0. The van der Waals surface area contributed by atoms with Crippen molar-refractivity contribution in [3.05, 3.63) is 46.7 Å². The van der Waals surface area contributed by atoms with Crippen molar-refractivity contribution in [2.75, 3.05) is 0 Å². The Morgan fingerprint density at radius 3 is 0.588 bits per heavy atom. The minimum Gasteiger partial charge on any atom is 0 e. The van der Waals surface area contributed by atoms with E-state index in [4.69, 9.17) is 9.30 Å². The molecule has 2 nitrogen and oxygen atoms in total. The molecule has 0 saturated heterocycles. The van der Waals surface area contributed by atoms with Gasteiger partial charge in [0.15, 0.2) is 0 Å². The van der Waals surface area contributed by atoms with Gasteiger partial charge in [-0.05, 0) is 74.9 Å². The van der Waals surface area contributed by atoms with E-state index in [1.807, 2.05) is 0 Å². The molecule has 0 unspecified atom stereocenters. The van der Waals surface area contributed by atoms with Crippen LogP contribution in [-0.2, 0) is 26.4 Å². The first-order chi connectivity index (χ1) is 7.46. The van der Waals surface area contributed by atoms with Gasteiger partial charge in [0.05, 0.1) is 0 Å². The Balaban J connectivity index is -0.000000355. The molecule has 0 bridgehead atoms. The normalized spacial score (nSPS) is 7.65. The Morgan fingerprint density at radius 1 is 0.471 bits per heavy atom. The molecule has 1 rings (SSSR count). The van der Waals surface area contributed by atoms with Gasteiger partial charge in [0.1, 0.15) is 0 Å². The first-order valence-electron chi connectivity index (χ1n) is 4.91. The van der Waals surface area contributed by atoms with Crippen LogP contribution in [0.2, 0.25) is 0 Å². The molecule has 0 heterocycles. The van der Waals surface area contributed by atoms with E-state index >= 15 is 0 Å². The summed E-state index contributed by atoms with van der Waals surface area (Å²) < 4.78 is 15.0. The molecule has 0 N–H and O–H groups in total. The van der Waals surface area contributed by atoms with Crippen LogP contribution in [0.1, 0.15) is 33.4 Å². The fraction of sp³-hybridized carbons (Fsp3) is 0.429. The standard InChI is InChI=1S/C12H18.2CO.Mn/c1-7-8(2)10(4)12(6)11(5)9(7)3;2*1-2;/h1-6H3;;;. The first kappa shape index (κ1) is 21.5. The molecule has 17 heavy (non-hydrogen) atoms. The van der Waals surface area contributed by atoms with Gasteiger partial charge < -0.3 is 0 Å². The summed E-state index contributed by atoms with van der Waals surface area (Å²) in [6, 6.07) is 0. The smallest absolute Gasteiger partial charge is 0 e. The van der Waals surface area contributed by atoms with Crippen molar-refractivity contribution in [1.29, 1.82) is 0 Å². The quantitative estimate of drug-likeness (QED) is 0.394. The fourth-order valence-electron chi connectivity index (χ4n) is 1.69. The molecule has 1 aromatic rings. The van der Waals surface area contributed by atoms with Gasteiger partial charge in [-0.1, -0.05) is 0 Å². The van der Waals surface area contributed by atoms with Gasteiger partial charge in [-0.2, -0.15) is 0 Å². The summed E-state index contributed by atoms with van der Waals surface area (Å²) in [4.78, 5) is 0. The van der Waals surface area contributed by atoms with Gasteiger partial charge in [0.2, 0.25) is 0 Å². The van der Waals surface area contributed by atoms with Crippen molar-refractivity contribution in [1.82, 2.24) is 0 Å². The summed E-state index contributed by atoms with van der Waals surface area (Å²) >= 11 is 0. The van der Waals surface area contributed by atoms with Gasteiger partial charge in [-0.15, -0.1) is 0 Å². The Hall–Kier alpha value is -0.781. The molecule has 0 fully saturated rings. The van der Waals surface area contributed by atoms with Crippen molar-refractivity contribution < 1.29 is 26.4 Å². The van der Waals surface area contributed by atoms with E-state index in [2.05, 4.69) is 54.8 Å². The molecular weight excluding hydrogens is 255 g/mol. The predicted molar refractivity (Wildman–Crippen MR) is 62.7 cm³/mol. The molecule has 0 aliphatic rings. The molecule has 0 amide bonds. The Morgan fingerprint density at radius 2 is 0.529 bits per heavy atom. The van der Waals surface area contributed by atoms with E-state index in [1.165, 1.54) is 33.4 Å². The molecule has 1 radical (unpaired) electrons. The van der Waals surface area contributed by atoms with Crippen LogP contribution in [0.4, 0.5) is 0 Å². The topological polar surface area (TPSA) is 39.8 Å². The number of hydrogen-bond acceptors (Lipinski definition) is 0. The maximum atomic E-state index is 7.50. The molecule has 1 aromatic carbocycles. The van der Waals surface area contributed by atoms with Gasteiger partial charge in [-0.25, -0.2) is 0 Å². The molecule has 0 saturated carbocycles. The van der Waals surface area contributed by atoms with E-state index in [1.54, 1.807) is 0 Å². The van der Waals surface area contributed by atoms with Gasteiger partial charge in [0, 0.05) is 17.1 Å². The minimum atomic E-state index is 0. The van der Waals surface area contributed by atoms with Crippen molar-refractivity contribution in [3.63, 3.8) is 0 Å². The largest absolute Gasteiger partial charge is 0 e. The van der Waals surface area contributed by atoms with E-state index in [0.717, 1.165) is 0 Å². The molecule has 0 aromatic heterocycles. The third kappa shape index (κ3) is 4.93. The number of hydrogen-bond donors (Lipinski definition) is 0. The van der Waals surface area contributed by atoms with Crippen molar-refractivity contribution in [2.45, 2.75) is 41.5 Å². The summed E-state index contributed by atoms with van der Waals surface area (Å²) in [5.74, 6) is 0. The molecular formula is C14H18MnO2. The van der Waals surface area contributed by atoms with Gasteiger partial charge in [-0.3, -0.25) is 0 Å². The zero-order valence-corrected chi connectivity index (χ0v) is 12.4. The van der Waals surface area contributed by atoms with Crippen LogP contribution in [0.25, 0.3) is 0 Å². The fourth-order valence-corrected chi connectivity index (χ4v) is 1.69. The number of rotatable bonds is 0. The van der Waals surface area contributed by atoms with Gasteiger partial charge >= 0.3 is 22.6 Å². The molecule has 0 atom stereocenters. The summed E-state index contributed by atoms with van der Waals surface area (Å²) in [5, 5.41) is 0. The average molecular weight is 273 g/mol. The third-order valence-electron chi connectivity index (χ3n) is 3.38. The Labute approximate surface area is 115 Å². The molecule has 0 aliphatic carbocycles. The second-order valence-electron chi connectivity index (χ2n) is 3.75. The van der Waals surface area contributed by atoms with Crippen molar-refractivity contribution in [3.8, 4) is 0 Å². The Bertz CT molecular complexity index is 293. The summed E-state index contributed by atoms with van der Waals surface area (Å²) in [5.41, 5.74) is 8.73. The second-order valence-corrected chi connectivity index (χ2v) is 3.75. The number of benzene rings is 1. The van der Waals surface area contributed by atoms with Crippen LogP contribution < -0.4 is 0 Å². The molecule has 3 heteroatoms. The maximum absolute atomic E-state index is 7.50. The zero-order valence-electron chi connectivity index (χ0n) is 11.2. The van der Waals surface area contributed by atoms with Crippen LogP contribution in [0.5, 0.6) is 0 Å². The van der Waals surface area contributed by atoms with Gasteiger partial charge in [0.25, 0.3) is 0 Å². The van der Waals surface area contributed by atoms with Crippen molar-refractivity contribution >= 4 is 0 Å². The maximum Gasteiger partial charge on any atom is 0 e. The van der Waals surface area contributed by atoms with Crippen LogP contribution in [0, 0.1) is 54.8 Å². The van der Waals surface area contributed by atoms with Crippen molar-refractivity contribution in [2.24, 2.45) is 0 Å². The first-order valence-corrected chi connectivity index (χ1v) is 4.91. The third-order valence-corrected chi connectivity index (χ3v) is 3.38. The SMILES string of the molecule is Cc1c(C)c(C)c(C)c(C)c1C.[C-]#[O+].[C-]#[O+].[Mn]. The van der Waals surface area contributed by atoms with E-state index in [-0.39, 0.29) is 17.1 Å².